The van der Waals surface area contributed by atoms with Crippen molar-refractivity contribution in [1.29, 1.82) is 0 Å². The van der Waals surface area contributed by atoms with Crippen molar-refractivity contribution in [3.8, 4) is 0 Å². The van der Waals surface area contributed by atoms with E-state index in [-0.39, 0.29) is 5.37 Å². The van der Waals surface area contributed by atoms with Gasteiger partial charge in [0, 0.05) is 5.70 Å². The minimum Gasteiger partial charge on any atom is -0.477 e. The SMILES string of the molecule is CCCCC1=C(C(=O)O)SC(C)N1. The zero-order chi connectivity index (χ0) is 9.84. The highest BCUT2D eigenvalue weighted by atomic mass is 32.2. The Hall–Kier alpha value is -0.640. The normalized spacial score (nSPS) is 21.8. The van der Waals surface area contributed by atoms with Gasteiger partial charge in [-0.15, -0.1) is 0 Å². The number of hydrogen-bond acceptors (Lipinski definition) is 3. The molecular weight excluding hydrogens is 186 g/mol. The first-order chi connectivity index (χ1) is 6.15. The summed E-state index contributed by atoms with van der Waals surface area (Å²) in [5.74, 6) is -0.798. The van der Waals surface area contributed by atoms with Gasteiger partial charge in [0.05, 0.1) is 5.37 Å². The summed E-state index contributed by atoms with van der Waals surface area (Å²) in [4.78, 5) is 11.3. The van der Waals surface area contributed by atoms with Crippen molar-refractivity contribution < 1.29 is 9.90 Å². The Bertz CT molecular complexity index is 238. The highest BCUT2D eigenvalue weighted by Crippen LogP contribution is 2.32. The summed E-state index contributed by atoms with van der Waals surface area (Å²) in [5, 5.41) is 12.3. The molecule has 0 fully saturated rings. The number of carboxylic acid groups (broad SMARTS) is 1. The van der Waals surface area contributed by atoms with Gasteiger partial charge in [-0.1, -0.05) is 25.1 Å². The number of thioether (sulfide) groups is 1. The maximum atomic E-state index is 10.8. The van der Waals surface area contributed by atoms with E-state index >= 15 is 0 Å². The van der Waals surface area contributed by atoms with E-state index in [4.69, 9.17) is 5.11 Å². The molecule has 1 rings (SSSR count). The third-order valence-electron chi connectivity index (χ3n) is 1.92. The second-order valence-electron chi connectivity index (χ2n) is 3.12. The lowest BCUT2D eigenvalue weighted by Gasteiger charge is -2.05. The summed E-state index contributed by atoms with van der Waals surface area (Å²) in [6.07, 6.45) is 3.00. The van der Waals surface area contributed by atoms with Crippen molar-refractivity contribution in [1.82, 2.24) is 5.32 Å². The molecule has 13 heavy (non-hydrogen) atoms. The van der Waals surface area contributed by atoms with Crippen LogP contribution in [0.4, 0.5) is 0 Å². The van der Waals surface area contributed by atoms with Crippen LogP contribution < -0.4 is 5.32 Å². The van der Waals surface area contributed by atoms with Crippen molar-refractivity contribution in [2.24, 2.45) is 0 Å². The number of rotatable bonds is 4. The standard InChI is InChI=1S/C9H15NO2S/c1-3-4-5-7-8(9(11)12)13-6(2)10-7/h6,10H,3-5H2,1-2H3,(H,11,12). The molecule has 1 aliphatic rings. The molecule has 1 unspecified atom stereocenters. The van der Waals surface area contributed by atoms with E-state index in [1.807, 2.05) is 6.92 Å². The molecule has 0 aliphatic carbocycles. The molecule has 1 heterocycles. The number of nitrogens with one attached hydrogen (secondary N) is 1. The number of unbranched alkanes of at least 4 members (excludes halogenated alkanes) is 1. The van der Waals surface area contributed by atoms with E-state index in [1.54, 1.807) is 0 Å². The highest BCUT2D eigenvalue weighted by Gasteiger charge is 2.24. The first-order valence-electron chi connectivity index (χ1n) is 4.54. The van der Waals surface area contributed by atoms with Gasteiger partial charge < -0.3 is 10.4 Å². The molecular formula is C9H15NO2S. The van der Waals surface area contributed by atoms with Crippen LogP contribution in [0.15, 0.2) is 10.6 Å². The maximum Gasteiger partial charge on any atom is 0.344 e. The number of aliphatic carboxylic acids is 1. The molecule has 0 saturated carbocycles. The van der Waals surface area contributed by atoms with Gasteiger partial charge >= 0.3 is 5.97 Å². The van der Waals surface area contributed by atoms with Gasteiger partial charge in [0.1, 0.15) is 4.91 Å². The Morgan fingerprint density at radius 2 is 2.38 bits per heavy atom. The van der Waals surface area contributed by atoms with Crippen molar-refractivity contribution in [3.05, 3.63) is 10.6 Å². The molecule has 3 nitrogen and oxygen atoms in total. The van der Waals surface area contributed by atoms with Crippen LogP contribution in [0.2, 0.25) is 0 Å². The van der Waals surface area contributed by atoms with Gasteiger partial charge in [0.15, 0.2) is 0 Å². The molecule has 0 radical (unpaired) electrons. The van der Waals surface area contributed by atoms with Gasteiger partial charge in [-0.05, 0) is 19.8 Å². The van der Waals surface area contributed by atoms with Gasteiger partial charge in [-0.3, -0.25) is 0 Å². The maximum absolute atomic E-state index is 10.8. The fourth-order valence-electron chi connectivity index (χ4n) is 1.31. The minimum absolute atomic E-state index is 0.206. The summed E-state index contributed by atoms with van der Waals surface area (Å²) in [5.41, 5.74) is 0.909. The fourth-order valence-corrected chi connectivity index (χ4v) is 2.27. The molecule has 0 spiro atoms. The van der Waals surface area contributed by atoms with Crippen molar-refractivity contribution in [2.75, 3.05) is 0 Å². The average Bonchev–Trinajstić information content (AvgIpc) is 2.43. The molecule has 0 bridgehead atoms. The Kier molecular flexibility index (Phi) is 3.66. The molecule has 2 N–H and O–H groups in total. The zero-order valence-corrected chi connectivity index (χ0v) is 8.78. The second-order valence-corrected chi connectivity index (χ2v) is 4.47. The van der Waals surface area contributed by atoms with E-state index in [9.17, 15) is 4.79 Å². The van der Waals surface area contributed by atoms with Crippen LogP contribution in [-0.2, 0) is 4.79 Å². The Balaban J connectivity index is 2.64. The van der Waals surface area contributed by atoms with Crippen LogP contribution in [0.25, 0.3) is 0 Å². The van der Waals surface area contributed by atoms with E-state index in [2.05, 4.69) is 12.2 Å². The minimum atomic E-state index is -0.798. The summed E-state index contributed by atoms with van der Waals surface area (Å²) >= 11 is 1.40. The first-order valence-corrected chi connectivity index (χ1v) is 5.42. The summed E-state index contributed by atoms with van der Waals surface area (Å²) in [6.45, 7) is 4.08. The predicted molar refractivity (Wildman–Crippen MR) is 54.4 cm³/mol. The molecule has 0 aromatic carbocycles. The molecule has 1 aliphatic heterocycles. The Morgan fingerprint density at radius 1 is 1.69 bits per heavy atom. The Morgan fingerprint density at radius 3 is 2.92 bits per heavy atom. The van der Waals surface area contributed by atoms with Crippen LogP contribution in [0.1, 0.15) is 33.1 Å². The molecule has 74 valence electrons. The number of carboxylic acids is 1. The van der Waals surface area contributed by atoms with Crippen molar-refractivity contribution in [3.63, 3.8) is 0 Å². The smallest absolute Gasteiger partial charge is 0.344 e. The first kappa shape index (κ1) is 10.4. The molecule has 1 atom stereocenters. The van der Waals surface area contributed by atoms with Crippen LogP contribution in [0.5, 0.6) is 0 Å². The Labute approximate surface area is 82.6 Å². The van der Waals surface area contributed by atoms with E-state index in [0.29, 0.717) is 4.91 Å². The highest BCUT2D eigenvalue weighted by molar-refractivity contribution is 8.04. The quantitative estimate of drug-likeness (QED) is 0.731. The van der Waals surface area contributed by atoms with Gasteiger partial charge in [-0.2, -0.15) is 0 Å². The molecule has 0 aromatic heterocycles. The van der Waals surface area contributed by atoms with Crippen LogP contribution >= 0.6 is 11.8 Å². The molecule has 0 amide bonds. The third-order valence-corrected chi connectivity index (χ3v) is 3.05. The number of carbonyl (C=O) groups is 1. The van der Waals surface area contributed by atoms with Gasteiger partial charge in [0.25, 0.3) is 0 Å². The van der Waals surface area contributed by atoms with Crippen molar-refractivity contribution in [2.45, 2.75) is 38.5 Å². The van der Waals surface area contributed by atoms with Crippen LogP contribution in [0.3, 0.4) is 0 Å². The molecule has 0 aromatic rings. The molecule has 0 saturated heterocycles. The van der Waals surface area contributed by atoms with E-state index < -0.39 is 5.97 Å². The summed E-state index contributed by atoms with van der Waals surface area (Å²) in [7, 11) is 0. The second kappa shape index (κ2) is 4.56. The third kappa shape index (κ3) is 2.66. The van der Waals surface area contributed by atoms with Crippen LogP contribution in [-0.4, -0.2) is 16.4 Å². The fraction of sp³-hybridized carbons (Fsp3) is 0.667. The summed E-state index contributed by atoms with van der Waals surface area (Å²) in [6, 6.07) is 0. The number of allylic oxidation sites excluding steroid dienone is 1. The van der Waals surface area contributed by atoms with Gasteiger partial charge in [0.2, 0.25) is 0 Å². The largest absolute Gasteiger partial charge is 0.477 e. The lowest BCUT2D eigenvalue weighted by molar-refractivity contribution is -0.131. The lowest BCUT2D eigenvalue weighted by atomic mass is 10.2. The predicted octanol–water partition coefficient (Wildman–Crippen LogP) is 2.16. The van der Waals surface area contributed by atoms with E-state index in [0.717, 1.165) is 25.0 Å². The van der Waals surface area contributed by atoms with Crippen LogP contribution in [0, 0.1) is 0 Å². The van der Waals surface area contributed by atoms with Gasteiger partial charge in [-0.25, -0.2) is 4.79 Å². The topological polar surface area (TPSA) is 49.3 Å². The van der Waals surface area contributed by atoms with Crippen molar-refractivity contribution >= 4 is 17.7 Å². The number of hydrogen-bond donors (Lipinski definition) is 2. The molecule has 4 heteroatoms. The summed E-state index contributed by atoms with van der Waals surface area (Å²) < 4.78 is 0. The zero-order valence-electron chi connectivity index (χ0n) is 7.96. The van der Waals surface area contributed by atoms with E-state index in [1.165, 1.54) is 11.8 Å². The monoisotopic (exact) mass is 201 g/mol. The lowest BCUT2D eigenvalue weighted by Crippen LogP contribution is -2.16. The average molecular weight is 201 g/mol.